The van der Waals surface area contributed by atoms with Crippen LogP contribution in [0.1, 0.15) is 0 Å². The topological polar surface area (TPSA) is 64.5 Å². The summed E-state index contributed by atoms with van der Waals surface area (Å²) in [6, 6.07) is 39.2. The summed E-state index contributed by atoms with van der Waals surface area (Å²) in [5, 5.41) is 4.20. The molecule has 39 heavy (non-hydrogen) atoms. The van der Waals surface area contributed by atoms with Gasteiger partial charge in [0.2, 0.25) is 0 Å². The van der Waals surface area contributed by atoms with Crippen LogP contribution in [-0.4, -0.2) is 23.7 Å². The number of pyridine rings is 1. The van der Waals surface area contributed by atoms with E-state index in [2.05, 4.69) is 63.3 Å². The normalized spacial score (nSPS) is 11.6. The Hall–Kier alpha value is -5.07. The Morgan fingerprint density at radius 3 is 1.92 bits per heavy atom. The number of para-hydroxylation sites is 1. The second-order valence-electron chi connectivity index (χ2n) is 9.46. The third-order valence-electron chi connectivity index (χ3n) is 7.14. The summed E-state index contributed by atoms with van der Waals surface area (Å²) < 4.78 is 9.17. The van der Waals surface area contributed by atoms with Gasteiger partial charge in [-0.15, -0.1) is 0 Å². The lowest BCUT2D eigenvalue weighted by atomic mass is 9.98. The molecule has 5 nitrogen and oxygen atoms in total. The Bertz CT molecular complexity index is 2170. The van der Waals surface area contributed by atoms with Crippen molar-refractivity contribution >= 4 is 55.3 Å². The maximum absolute atomic E-state index is 5.19. The third kappa shape index (κ3) is 3.57. The molecule has 0 aliphatic rings. The molecule has 6 heteroatoms. The predicted octanol–water partition coefficient (Wildman–Crippen LogP) is 8.34. The minimum atomic E-state index is 0.672. The lowest BCUT2D eigenvalue weighted by molar-refractivity contribution is 1.23. The SMILES string of the molecule is c1ccc(-c2nc(-c3ccc4c(c3)nc(-c3ccccc3)c3ccc5nsnc5c34)nc3ccccc23)cc1. The van der Waals surface area contributed by atoms with E-state index in [0.29, 0.717) is 5.82 Å². The van der Waals surface area contributed by atoms with Crippen molar-refractivity contribution in [2.75, 3.05) is 0 Å². The maximum atomic E-state index is 5.19. The van der Waals surface area contributed by atoms with E-state index >= 15 is 0 Å². The van der Waals surface area contributed by atoms with Crippen LogP contribution in [0.4, 0.5) is 0 Å². The molecule has 0 bridgehead atoms. The number of hydrogen-bond acceptors (Lipinski definition) is 6. The molecule has 0 amide bonds. The standard InChI is InChI=1S/C33H19N5S/c1-3-9-20(10-4-1)30-24-13-7-8-14-26(24)35-33(36-30)22-15-16-23-28(19-22)34-31(21-11-5-2-6-12-21)25-17-18-27-32(29(23)25)38-39-37-27/h1-19H. The van der Waals surface area contributed by atoms with Crippen LogP contribution in [0, 0.1) is 0 Å². The van der Waals surface area contributed by atoms with E-state index in [1.807, 2.05) is 60.7 Å². The lowest BCUT2D eigenvalue weighted by Gasteiger charge is -2.12. The van der Waals surface area contributed by atoms with Crippen LogP contribution in [0.25, 0.3) is 77.5 Å². The van der Waals surface area contributed by atoms with Gasteiger partial charge in [-0.3, -0.25) is 0 Å². The maximum Gasteiger partial charge on any atom is 0.160 e. The van der Waals surface area contributed by atoms with Gasteiger partial charge in [0.15, 0.2) is 5.82 Å². The van der Waals surface area contributed by atoms with E-state index in [1.165, 1.54) is 11.7 Å². The zero-order valence-electron chi connectivity index (χ0n) is 20.6. The molecule has 5 aromatic carbocycles. The number of rotatable bonds is 3. The molecule has 0 aliphatic heterocycles. The molecule has 3 heterocycles. The van der Waals surface area contributed by atoms with Crippen LogP contribution >= 0.6 is 11.7 Å². The van der Waals surface area contributed by atoms with E-state index < -0.39 is 0 Å². The number of fused-ring (bicyclic) bond motifs is 6. The lowest BCUT2D eigenvalue weighted by Crippen LogP contribution is -1.96. The molecule has 8 aromatic rings. The van der Waals surface area contributed by atoms with Gasteiger partial charge >= 0.3 is 0 Å². The smallest absolute Gasteiger partial charge is 0.160 e. The summed E-state index contributed by atoms with van der Waals surface area (Å²) in [4.78, 5) is 15.2. The summed E-state index contributed by atoms with van der Waals surface area (Å²) in [6.45, 7) is 0. The van der Waals surface area contributed by atoms with Gasteiger partial charge in [-0.2, -0.15) is 8.75 Å². The van der Waals surface area contributed by atoms with Crippen molar-refractivity contribution in [3.8, 4) is 33.9 Å². The fourth-order valence-corrected chi connectivity index (χ4v) is 5.86. The van der Waals surface area contributed by atoms with Crippen LogP contribution in [-0.2, 0) is 0 Å². The highest BCUT2D eigenvalue weighted by atomic mass is 32.1. The minimum absolute atomic E-state index is 0.672. The highest BCUT2D eigenvalue weighted by Gasteiger charge is 2.17. The van der Waals surface area contributed by atoms with E-state index in [1.54, 1.807) is 0 Å². The Morgan fingerprint density at radius 2 is 1.13 bits per heavy atom. The molecule has 0 N–H and O–H groups in total. The summed E-state index contributed by atoms with van der Waals surface area (Å²) in [7, 11) is 0. The van der Waals surface area contributed by atoms with Crippen LogP contribution in [0.3, 0.4) is 0 Å². The van der Waals surface area contributed by atoms with E-state index in [0.717, 1.165) is 71.7 Å². The second-order valence-corrected chi connectivity index (χ2v) is 9.99. The van der Waals surface area contributed by atoms with Crippen LogP contribution in [0.5, 0.6) is 0 Å². The Labute approximate surface area is 227 Å². The van der Waals surface area contributed by atoms with Crippen molar-refractivity contribution in [1.29, 1.82) is 0 Å². The zero-order chi connectivity index (χ0) is 25.8. The van der Waals surface area contributed by atoms with Gasteiger partial charge in [-0.25, -0.2) is 15.0 Å². The Morgan fingerprint density at radius 1 is 0.436 bits per heavy atom. The highest BCUT2D eigenvalue weighted by Crippen LogP contribution is 2.38. The van der Waals surface area contributed by atoms with Crippen molar-refractivity contribution in [3.05, 3.63) is 115 Å². The minimum Gasteiger partial charge on any atom is -0.247 e. The molecule has 0 atom stereocenters. The summed E-state index contributed by atoms with van der Waals surface area (Å²) in [5.41, 5.74) is 8.47. The van der Waals surface area contributed by atoms with E-state index in [9.17, 15) is 0 Å². The van der Waals surface area contributed by atoms with Crippen molar-refractivity contribution < 1.29 is 0 Å². The molecular weight excluding hydrogens is 498 g/mol. The predicted molar refractivity (Wildman–Crippen MR) is 160 cm³/mol. The Kier molecular flexibility index (Phi) is 4.93. The zero-order valence-corrected chi connectivity index (χ0v) is 21.4. The third-order valence-corrected chi connectivity index (χ3v) is 7.68. The average molecular weight is 518 g/mol. The quantitative estimate of drug-likeness (QED) is 0.220. The Balaban J connectivity index is 1.42. The number of nitrogens with zero attached hydrogens (tertiary/aromatic N) is 5. The molecule has 0 saturated heterocycles. The fourth-order valence-electron chi connectivity index (χ4n) is 5.31. The average Bonchev–Trinajstić information content (AvgIpc) is 3.50. The summed E-state index contributed by atoms with van der Waals surface area (Å²) >= 11 is 1.24. The molecule has 0 spiro atoms. The first kappa shape index (κ1) is 22.0. The molecule has 0 radical (unpaired) electrons. The summed E-state index contributed by atoms with van der Waals surface area (Å²) in [5.74, 6) is 0.672. The molecule has 0 unspecified atom stereocenters. The molecule has 0 saturated carbocycles. The van der Waals surface area contributed by atoms with Crippen LogP contribution in [0.15, 0.2) is 115 Å². The largest absolute Gasteiger partial charge is 0.247 e. The number of hydrogen-bond donors (Lipinski definition) is 0. The van der Waals surface area contributed by atoms with Gasteiger partial charge in [0.05, 0.1) is 34.1 Å². The van der Waals surface area contributed by atoms with Gasteiger partial charge in [-0.1, -0.05) is 91.0 Å². The number of benzene rings is 5. The van der Waals surface area contributed by atoms with Crippen LogP contribution < -0.4 is 0 Å². The molecule has 182 valence electrons. The fraction of sp³-hybridized carbons (Fsp3) is 0. The van der Waals surface area contributed by atoms with Gasteiger partial charge in [-0.05, 0) is 24.3 Å². The molecule has 0 fully saturated rings. The molecule has 8 rings (SSSR count). The van der Waals surface area contributed by atoms with E-state index in [-0.39, 0.29) is 0 Å². The van der Waals surface area contributed by atoms with Gasteiger partial charge < -0.3 is 0 Å². The van der Waals surface area contributed by atoms with Gasteiger partial charge in [0.25, 0.3) is 0 Å². The summed E-state index contributed by atoms with van der Waals surface area (Å²) in [6.07, 6.45) is 0. The first-order valence-electron chi connectivity index (χ1n) is 12.7. The van der Waals surface area contributed by atoms with E-state index in [4.69, 9.17) is 15.0 Å². The number of aromatic nitrogens is 5. The van der Waals surface area contributed by atoms with Gasteiger partial charge in [0.1, 0.15) is 11.0 Å². The van der Waals surface area contributed by atoms with Crippen molar-refractivity contribution in [1.82, 2.24) is 23.7 Å². The first-order valence-corrected chi connectivity index (χ1v) is 13.4. The van der Waals surface area contributed by atoms with Crippen LogP contribution in [0.2, 0.25) is 0 Å². The van der Waals surface area contributed by atoms with Gasteiger partial charge in [0, 0.05) is 38.2 Å². The molecule has 0 aliphatic carbocycles. The van der Waals surface area contributed by atoms with Crippen molar-refractivity contribution in [3.63, 3.8) is 0 Å². The first-order chi connectivity index (χ1) is 19.3. The van der Waals surface area contributed by atoms with Crippen molar-refractivity contribution in [2.24, 2.45) is 0 Å². The molecule has 3 aromatic heterocycles. The highest BCUT2D eigenvalue weighted by molar-refractivity contribution is 7.00. The molecular formula is C33H19N5S. The van der Waals surface area contributed by atoms with Crippen molar-refractivity contribution in [2.45, 2.75) is 0 Å². The second kappa shape index (κ2) is 8.75. The monoisotopic (exact) mass is 517 g/mol.